The Kier molecular flexibility index (Phi) is 5.46. The minimum absolute atomic E-state index is 0.0676. The van der Waals surface area contributed by atoms with Crippen molar-refractivity contribution in [3.8, 4) is 0 Å². The van der Waals surface area contributed by atoms with Crippen LogP contribution >= 0.6 is 0 Å². The van der Waals surface area contributed by atoms with E-state index in [0.29, 0.717) is 6.54 Å². The Morgan fingerprint density at radius 2 is 1.71 bits per heavy atom. The van der Waals surface area contributed by atoms with Crippen LogP contribution in [0.3, 0.4) is 0 Å². The van der Waals surface area contributed by atoms with Crippen molar-refractivity contribution in [2.24, 2.45) is 11.8 Å². The summed E-state index contributed by atoms with van der Waals surface area (Å²) < 4.78 is 2.19. The molecule has 1 saturated heterocycles. The molecule has 0 radical (unpaired) electrons. The molecule has 3 amide bonds. The van der Waals surface area contributed by atoms with Crippen LogP contribution in [0.25, 0.3) is 10.9 Å². The maximum Gasteiger partial charge on any atom is 0.233 e. The van der Waals surface area contributed by atoms with E-state index in [1.54, 1.807) is 0 Å². The third-order valence-electron chi connectivity index (χ3n) is 6.07. The molecule has 2 heterocycles. The molecule has 148 valence electrons. The third-order valence-corrected chi connectivity index (χ3v) is 6.07. The number of benzene rings is 1. The van der Waals surface area contributed by atoms with Gasteiger partial charge in [0, 0.05) is 37.8 Å². The van der Waals surface area contributed by atoms with Gasteiger partial charge in [-0.25, -0.2) is 0 Å². The number of amides is 3. The number of rotatable bonds is 7. The van der Waals surface area contributed by atoms with Crippen molar-refractivity contribution in [3.05, 3.63) is 36.5 Å². The zero-order chi connectivity index (χ0) is 19.5. The number of aromatic nitrogens is 1. The number of hydrogen-bond acceptors (Lipinski definition) is 3. The summed E-state index contributed by atoms with van der Waals surface area (Å²) in [7, 11) is 0. The second-order valence-electron chi connectivity index (χ2n) is 7.85. The van der Waals surface area contributed by atoms with E-state index in [9.17, 15) is 14.4 Å². The molecule has 1 N–H and O–H groups in total. The van der Waals surface area contributed by atoms with E-state index >= 15 is 0 Å². The van der Waals surface area contributed by atoms with Crippen LogP contribution in [-0.4, -0.2) is 40.3 Å². The van der Waals surface area contributed by atoms with Crippen molar-refractivity contribution >= 4 is 28.6 Å². The smallest absolute Gasteiger partial charge is 0.233 e. The van der Waals surface area contributed by atoms with Gasteiger partial charge in [0.05, 0.1) is 11.8 Å². The summed E-state index contributed by atoms with van der Waals surface area (Å²) >= 11 is 0. The first-order valence-electron chi connectivity index (χ1n) is 10.3. The van der Waals surface area contributed by atoms with Gasteiger partial charge < -0.3 is 9.88 Å². The highest BCUT2D eigenvalue weighted by atomic mass is 16.2. The van der Waals surface area contributed by atoms with E-state index in [1.807, 2.05) is 12.1 Å². The van der Waals surface area contributed by atoms with Gasteiger partial charge in [0.2, 0.25) is 17.7 Å². The second-order valence-corrected chi connectivity index (χ2v) is 7.85. The molecule has 2 unspecified atom stereocenters. The number of fused-ring (bicyclic) bond motifs is 2. The van der Waals surface area contributed by atoms with E-state index in [1.165, 1.54) is 15.8 Å². The number of para-hydroxylation sites is 1. The lowest BCUT2D eigenvalue weighted by Gasteiger charge is -2.19. The molecule has 6 heteroatoms. The van der Waals surface area contributed by atoms with Crippen LogP contribution in [0.4, 0.5) is 0 Å². The van der Waals surface area contributed by atoms with Gasteiger partial charge >= 0.3 is 0 Å². The van der Waals surface area contributed by atoms with Gasteiger partial charge in [-0.3, -0.25) is 19.3 Å². The Bertz CT molecular complexity index is 864. The zero-order valence-corrected chi connectivity index (χ0v) is 16.1. The van der Waals surface area contributed by atoms with Gasteiger partial charge in [-0.05, 0) is 36.8 Å². The molecule has 1 aliphatic heterocycles. The summed E-state index contributed by atoms with van der Waals surface area (Å²) in [6.07, 6.45) is 6.74. The first-order chi connectivity index (χ1) is 13.6. The van der Waals surface area contributed by atoms with E-state index < -0.39 is 0 Å². The number of carbonyl (C=O) groups is 3. The highest BCUT2D eigenvalue weighted by molar-refractivity contribution is 6.05. The largest absolute Gasteiger partial charge is 0.356 e. The highest BCUT2D eigenvalue weighted by Gasteiger charge is 2.47. The molecule has 2 aromatic rings. The Hall–Kier alpha value is -2.63. The zero-order valence-electron chi connectivity index (χ0n) is 16.1. The molecule has 1 saturated carbocycles. The van der Waals surface area contributed by atoms with Crippen LogP contribution in [0.15, 0.2) is 36.5 Å². The number of likely N-dealkylation sites (tertiary alicyclic amines) is 1. The number of imide groups is 1. The predicted octanol–water partition coefficient (Wildman–Crippen LogP) is 2.71. The highest BCUT2D eigenvalue weighted by Crippen LogP contribution is 2.37. The monoisotopic (exact) mass is 381 g/mol. The van der Waals surface area contributed by atoms with Crippen LogP contribution in [0, 0.1) is 11.8 Å². The maximum atomic E-state index is 12.4. The molecule has 1 aromatic heterocycles. The second kappa shape index (κ2) is 8.17. The molecule has 0 bridgehead atoms. The van der Waals surface area contributed by atoms with E-state index in [4.69, 9.17) is 0 Å². The fourth-order valence-corrected chi connectivity index (χ4v) is 4.57. The van der Waals surface area contributed by atoms with E-state index in [2.05, 4.69) is 34.3 Å². The van der Waals surface area contributed by atoms with Gasteiger partial charge in [0.25, 0.3) is 0 Å². The topological polar surface area (TPSA) is 71.4 Å². The minimum atomic E-state index is -0.138. The summed E-state index contributed by atoms with van der Waals surface area (Å²) in [6, 6.07) is 10.3. The fourth-order valence-electron chi connectivity index (χ4n) is 4.57. The normalized spacial score (nSPS) is 21.9. The van der Waals surface area contributed by atoms with Gasteiger partial charge in [0.1, 0.15) is 0 Å². The Morgan fingerprint density at radius 3 is 2.46 bits per heavy atom. The molecular formula is C22H27N3O3. The van der Waals surface area contributed by atoms with Crippen molar-refractivity contribution in [2.45, 2.75) is 45.1 Å². The number of nitrogens with zero attached hydrogens (tertiary/aromatic N) is 2. The van der Waals surface area contributed by atoms with Crippen LogP contribution in [0.5, 0.6) is 0 Å². The van der Waals surface area contributed by atoms with Crippen LogP contribution < -0.4 is 5.32 Å². The Balaban J connectivity index is 1.20. The Morgan fingerprint density at radius 1 is 1.00 bits per heavy atom. The molecule has 4 rings (SSSR count). The van der Waals surface area contributed by atoms with Gasteiger partial charge in [0.15, 0.2) is 0 Å². The number of hydrogen-bond donors (Lipinski definition) is 1. The van der Waals surface area contributed by atoms with Gasteiger partial charge in [-0.15, -0.1) is 0 Å². The lowest BCUT2D eigenvalue weighted by Crippen LogP contribution is -2.35. The van der Waals surface area contributed by atoms with Crippen molar-refractivity contribution in [1.82, 2.24) is 14.8 Å². The summed E-state index contributed by atoms with van der Waals surface area (Å²) in [6.45, 7) is 1.62. The molecule has 0 spiro atoms. The average Bonchev–Trinajstić information content (AvgIpc) is 3.24. The third kappa shape index (κ3) is 3.68. The van der Waals surface area contributed by atoms with Crippen molar-refractivity contribution in [1.29, 1.82) is 0 Å². The summed E-state index contributed by atoms with van der Waals surface area (Å²) in [5, 5.41) is 4.12. The minimum Gasteiger partial charge on any atom is -0.356 e. The average molecular weight is 381 g/mol. The molecule has 2 atom stereocenters. The standard InChI is InChI=1S/C22H27N3O3/c26-20(11-15-25-21(27)17-7-2-3-8-18(17)22(25)28)23-12-5-13-24-14-10-16-6-1-4-9-19(16)24/h1,4,6,9-10,14,17-18H,2-3,5,7-8,11-13,15H2,(H,23,26). The van der Waals surface area contributed by atoms with Crippen molar-refractivity contribution in [2.75, 3.05) is 13.1 Å². The van der Waals surface area contributed by atoms with Gasteiger partial charge in [-0.1, -0.05) is 31.0 Å². The van der Waals surface area contributed by atoms with Crippen molar-refractivity contribution < 1.29 is 14.4 Å². The van der Waals surface area contributed by atoms with Crippen LogP contribution in [0.2, 0.25) is 0 Å². The van der Waals surface area contributed by atoms with Gasteiger partial charge in [-0.2, -0.15) is 0 Å². The van der Waals surface area contributed by atoms with Crippen LogP contribution in [0.1, 0.15) is 38.5 Å². The number of aryl methyl sites for hydroxylation is 1. The van der Waals surface area contributed by atoms with Crippen molar-refractivity contribution in [3.63, 3.8) is 0 Å². The number of carbonyl (C=O) groups excluding carboxylic acids is 3. The molecule has 2 aliphatic rings. The fraction of sp³-hybridized carbons (Fsp3) is 0.500. The maximum absolute atomic E-state index is 12.4. The molecular weight excluding hydrogens is 354 g/mol. The molecule has 1 aromatic carbocycles. The summed E-state index contributed by atoms with van der Waals surface area (Å²) in [4.78, 5) is 38.3. The Labute approximate surface area is 164 Å². The SMILES string of the molecule is O=C(CCN1C(=O)C2CCCCC2C1=O)NCCCn1ccc2ccccc21. The lowest BCUT2D eigenvalue weighted by molar-refractivity contribution is -0.140. The molecule has 28 heavy (non-hydrogen) atoms. The number of nitrogens with one attached hydrogen (secondary N) is 1. The quantitative estimate of drug-likeness (QED) is 0.592. The molecule has 2 fully saturated rings. The predicted molar refractivity (Wildman–Crippen MR) is 106 cm³/mol. The van der Waals surface area contributed by atoms with E-state index in [-0.39, 0.29) is 42.5 Å². The molecule has 1 aliphatic carbocycles. The van der Waals surface area contributed by atoms with Crippen LogP contribution in [-0.2, 0) is 20.9 Å². The first kappa shape index (κ1) is 18.7. The van der Waals surface area contributed by atoms with E-state index in [0.717, 1.165) is 38.6 Å². The summed E-state index contributed by atoms with van der Waals surface area (Å²) in [5.74, 6) is -0.516. The molecule has 6 nitrogen and oxygen atoms in total. The first-order valence-corrected chi connectivity index (χ1v) is 10.3. The summed E-state index contributed by atoms with van der Waals surface area (Å²) in [5.41, 5.74) is 1.20. The lowest BCUT2D eigenvalue weighted by atomic mass is 9.81.